The standard InChI is InChI=1S/C17H21NO7/c1-2-24-17(23)6-4-14(21)11-3-5-15-13(7-11)18(8-12(20)9-19)16(22)10-25-15/h3,5,7,12,19-20H,2,4,6,8-10H2,1H3. The van der Waals surface area contributed by atoms with Crippen LogP contribution in [0.1, 0.15) is 30.1 Å². The average molecular weight is 351 g/mol. The molecule has 1 aromatic carbocycles. The maximum atomic E-state index is 12.3. The minimum absolute atomic E-state index is 0.00825. The highest BCUT2D eigenvalue weighted by molar-refractivity contribution is 6.02. The Morgan fingerprint density at radius 3 is 2.80 bits per heavy atom. The fourth-order valence-corrected chi connectivity index (χ4v) is 2.44. The summed E-state index contributed by atoms with van der Waals surface area (Å²) in [5.41, 5.74) is 0.676. The first-order valence-electron chi connectivity index (χ1n) is 8.01. The maximum absolute atomic E-state index is 12.3. The van der Waals surface area contributed by atoms with E-state index in [4.69, 9.17) is 14.6 Å². The summed E-state index contributed by atoms with van der Waals surface area (Å²) in [6, 6.07) is 4.62. The van der Waals surface area contributed by atoms with Gasteiger partial charge in [-0.1, -0.05) is 0 Å². The van der Waals surface area contributed by atoms with Crippen molar-refractivity contribution in [2.75, 3.05) is 31.3 Å². The fourth-order valence-electron chi connectivity index (χ4n) is 2.44. The molecule has 1 heterocycles. The molecule has 25 heavy (non-hydrogen) atoms. The van der Waals surface area contributed by atoms with Crippen LogP contribution in [0.4, 0.5) is 5.69 Å². The number of fused-ring (bicyclic) bond motifs is 1. The van der Waals surface area contributed by atoms with Crippen molar-refractivity contribution in [1.29, 1.82) is 0 Å². The molecule has 0 fully saturated rings. The van der Waals surface area contributed by atoms with E-state index in [1.165, 1.54) is 11.0 Å². The van der Waals surface area contributed by atoms with Crippen LogP contribution in [0, 0.1) is 0 Å². The Bertz CT molecular complexity index is 658. The van der Waals surface area contributed by atoms with Gasteiger partial charge in [-0.3, -0.25) is 14.4 Å². The molecule has 0 bridgehead atoms. The average Bonchev–Trinajstić information content (AvgIpc) is 2.61. The molecule has 136 valence electrons. The first-order valence-corrected chi connectivity index (χ1v) is 8.01. The lowest BCUT2D eigenvalue weighted by Crippen LogP contribution is -2.44. The summed E-state index contributed by atoms with van der Waals surface area (Å²) in [5, 5.41) is 18.6. The molecule has 1 aliphatic rings. The van der Waals surface area contributed by atoms with Gasteiger partial charge in [-0.2, -0.15) is 0 Å². The van der Waals surface area contributed by atoms with Crippen molar-refractivity contribution in [3.8, 4) is 5.75 Å². The van der Waals surface area contributed by atoms with Crippen LogP contribution in [0.15, 0.2) is 18.2 Å². The van der Waals surface area contributed by atoms with Gasteiger partial charge in [-0.25, -0.2) is 0 Å². The van der Waals surface area contributed by atoms with Gasteiger partial charge in [0.15, 0.2) is 12.4 Å². The number of hydrogen-bond acceptors (Lipinski definition) is 7. The Hall–Kier alpha value is -2.45. The number of anilines is 1. The van der Waals surface area contributed by atoms with Gasteiger partial charge in [-0.05, 0) is 25.1 Å². The minimum atomic E-state index is -1.10. The zero-order chi connectivity index (χ0) is 18.4. The van der Waals surface area contributed by atoms with E-state index in [-0.39, 0.29) is 44.3 Å². The minimum Gasteiger partial charge on any atom is -0.482 e. The van der Waals surface area contributed by atoms with Crippen LogP contribution in [0.3, 0.4) is 0 Å². The number of Topliss-reactive ketones (excluding diaryl/α,β-unsaturated/α-hetero) is 1. The third-order valence-corrected chi connectivity index (χ3v) is 3.69. The molecule has 2 rings (SSSR count). The third kappa shape index (κ3) is 4.77. The van der Waals surface area contributed by atoms with E-state index >= 15 is 0 Å². The smallest absolute Gasteiger partial charge is 0.306 e. The van der Waals surface area contributed by atoms with Crippen molar-refractivity contribution in [3.63, 3.8) is 0 Å². The topological polar surface area (TPSA) is 113 Å². The number of rotatable bonds is 8. The zero-order valence-corrected chi connectivity index (χ0v) is 13.9. The second-order valence-corrected chi connectivity index (χ2v) is 5.54. The zero-order valence-electron chi connectivity index (χ0n) is 13.9. The molecule has 1 aromatic rings. The van der Waals surface area contributed by atoms with Gasteiger partial charge in [-0.15, -0.1) is 0 Å². The van der Waals surface area contributed by atoms with Crippen molar-refractivity contribution >= 4 is 23.3 Å². The van der Waals surface area contributed by atoms with Crippen LogP contribution in [-0.2, 0) is 14.3 Å². The summed E-state index contributed by atoms with van der Waals surface area (Å²) in [4.78, 5) is 36.9. The Morgan fingerprint density at radius 2 is 2.12 bits per heavy atom. The molecule has 0 saturated carbocycles. The van der Waals surface area contributed by atoms with Crippen molar-refractivity contribution in [2.24, 2.45) is 0 Å². The number of amides is 1. The molecule has 0 radical (unpaired) electrons. The molecule has 8 nitrogen and oxygen atoms in total. The predicted octanol–water partition coefficient (Wildman–Crippen LogP) is 0.291. The number of β-amino-alcohol motifs (C(OH)–C–C–N with tert-alkyl or cyclic N) is 1. The maximum Gasteiger partial charge on any atom is 0.306 e. The van der Waals surface area contributed by atoms with Gasteiger partial charge in [0.1, 0.15) is 5.75 Å². The Labute approximate surface area is 144 Å². The molecule has 0 aromatic heterocycles. The highest BCUT2D eigenvalue weighted by Crippen LogP contribution is 2.33. The van der Waals surface area contributed by atoms with E-state index in [0.717, 1.165) is 0 Å². The molecule has 1 amide bonds. The lowest BCUT2D eigenvalue weighted by atomic mass is 10.0. The lowest BCUT2D eigenvalue weighted by molar-refractivity contribution is -0.143. The molecule has 2 N–H and O–H groups in total. The van der Waals surface area contributed by atoms with E-state index in [0.29, 0.717) is 17.0 Å². The van der Waals surface area contributed by atoms with Crippen LogP contribution in [0.5, 0.6) is 5.75 Å². The second kappa shape index (κ2) is 8.59. The Kier molecular flexibility index (Phi) is 6.49. The van der Waals surface area contributed by atoms with E-state index in [1.54, 1.807) is 19.1 Å². The molecule has 8 heteroatoms. The number of benzene rings is 1. The van der Waals surface area contributed by atoms with E-state index in [9.17, 15) is 19.5 Å². The molecular formula is C17H21NO7. The highest BCUT2D eigenvalue weighted by atomic mass is 16.5. The number of aliphatic hydroxyl groups is 2. The summed E-state index contributed by atoms with van der Waals surface area (Å²) in [6.07, 6.45) is -1.13. The van der Waals surface area contributed by atoms with Crippen LogP contribution in [0.2, 0.25) is 0 Å². The summed E-state index contributed by atoms with van der Waals surface area (Å²) < 4.78 is 10.1. The molecule has 0 spiro atoms. The summed E-state index contributed by atoms with van der Waals surface area (Å²) in [7, 11) is 0. The summed E-state index contributed by atoms with van der Waals surface area (Å²) >= 11 is 0. The Balaban J connectivity index is 2.16. The predicted molar refractivity (Wildman–Crippen MR) is 87.6 cm³/mol. The van der Waals surface area contributed by atoms with Crippen molar-refractivity contribution < 1.29 is 34.1 Å². The molecule has 1 atom stereocenters. The largest absolute Gasteiger partial charge is 0.482 e. The molecule has 0 saturated heterocycles. The van der Waals surface area contributed by atoms with Crippen LogP contribution >= 0.6 is 0 Å². The van der Waals surface area contributed by atoms with Gasteiger partial charge in [0, 0.05) is 12.0 Å². The van der Waals surface area contributed by atoms with E-state index in [1.807, 2.05) is 0 Å². The van der Waals surface area contributed by atoms with Gasteiger partial charge in [0.25, 0.3) is 5.91 Å². The number of ether oxygens (including phenoxy) is 2. The molecular weight excluding hydrogens is 330 g/mol. The number of nitrogens with zero attached hydrogens (tertiary/aromatic N) is 1. The van der Waals surface area contributed by atoms with Crippen LogP contribution in [0.25, 0.3) is 0 Å². The van der Waals surface area contributed by atoms with Gasteiger partial charge in [0.05, 0.1) is 38.0 Å². The second-order valence-electron chi connectivity index (χ2n) is 5.54. The number of aliphatic hydroxyl groups excluding tert-OH is 2. The van der Waals surface area contributed by atoms with Gasteiger partial charge >= 0.3 is 5.97 Å². The normalized spacial score (nSPS) is 14.5. The lowest BCUT2D eigenvalue weighted by Gasteiger charge is -2.30. The number of carbonyl (C=O) groups excluding carboxylic acids is 3. The monoisotopic (exact) mass is 351 g/mol. The number of carbonyl (C=O) groups is 3. The molecule has 0 aliphatic carbocycles. The Morgan fingerprint density at radius 1 is 1.36 bits per heavy atom. The van der Waals surface area contributed by atoms with Gasteiger partial charge < -0.3 is 24.6 Å². The van der Waals surface area contributed by atoms with Crippen molar-refractivity contribution in [3.05, 3.63) is 23.8 Å². The van der Waals surface area contributed by atoms with Crippen molar-refractivity contribution in [1.82, 2.24) is 0 Å². The van der Waals surface area contributed by atoms with Crippen LogP contribution in [-0.4, -0.2) is 60.3 Å². The summed E-state index contributed by atoms with van der Waals surface area (Å²) in [6.45, 7) is 1.18. The van der Waals surface area contributed by atoms with E-state index < -0.39 is 18.7 Å². The quantitative estimate of drug-likeness (QED) is 0.511. The van der Waals surface area contributed by atoms with Gasteiger partial charge in [0.2, 0.25) is 0 Å². The number of ketones is 1. The first kappa shape index (κ1) is 18.9. The first-order chi connectivity index (χ1) is 12.0. The summed E-state index contributed by atoms with van der Waals surface area (Å²) in [5.74, 6) is -0.681. The van der Waals surface area contributed by atoms with E-state index in [2.05, 4.69) is 0 Å². The SMILES string of the molecule is CCOC(=O)CCC(=O)c1ccc2c(c1)N(CC(O)CO)C(=O)CO2. The molecule has 1 aliphatic heterocycles. The third-order valence-electron chi connectivity index (χ3n) is 3.69. The molecule has 1 unspecified atom stereocenters. The fraction of sp³-hybridized carbons (Fsp3) is 0.471. The number of hydrogen-bond donors (Lipinski definition) is 2. The van der Waals surface area contributed by atoms with Crippen molar-refractivity contribution in [2.45, 2.75) is 25.9 Å². The highest BCUT2D eigenvalue weighted by Gasteiger charge is 2.28. The van der Waals surface area contributed by atoms with Crippen LogP contribution < -0.4 is 9.64 Å². The number of esters is 1.